The first-order valence-electron chi connectivity index (χ1n) is 3.92. The Morgan fingerprint density at radius 2 is 2.07 bits per heavy atom. The maximum absolute atomic E-state index is 9.02. The summed E-state index contributed by atoms with van der Waals surface area (Å²) in [6.45, 7) is 0. The van der Waals surface area contributed by atoms with E-state index in [4.69, 9.17) is 15.8 Å². The van der Waals surface area contributed by atoms with Gasteiger partial charge in [-0.25, -0.2) is 0 Å². The van der Waals surface area contributed by atoms with Crippen molar-refractivity contribution in [3.05, 3.63) is 21.1 Å². The second-order valence-corrected chi connectivity index (χ2v) is 5.01. The van der Waals surface area contributed by atoms with Crippen molar-refractivity contribution in [2.45, 2.75) is 0 Å². The molecule has 3 nitrogen and oxygen atoms in total. The molecule has 1 aromatic heterocycles. The monoisotopic (exact) mass is 319 g/mol. The lowest BCUT2D eigenvalue weighted by atomic mass is 9.80. The van der Waals surface area contributed by atoms with Gasteiger partial charge in [0.1, 0.15) is 0 Å². The Morgan fingerprint density at radius 1 is 1.36 bits per heavy atom. The number of halogens is 1. The Morgan fingerprint density at radius 3 is 2.71 bits per heavy atom. The second-order valence-electron chi connectivity index (χ2n) is 2.94. The summed E-state index contributed by atoms with van der Waals surface area (Å²) in [5.74, 6) is 0. The van der Waals surface area contributed by atoms with Crippen LogP contribution in [0.1, 0.15) is 0 Å². The van der Waals surface area contributed by atoms with Crippen molar-refractivity contribution in [2.75, 3.05) is 5.73 Å². The fourth-order valence-corrected chi connectivity index (χ4v) is 3.40. The summed E-state index contributed by atoms with van der Waals surface area (Å²) in [6.07, 6.45) is 0. The van der Waals surface area contributed by atoms with Crippen LogP contribution in [0.25, 0.3) is 10.1 Å². The molecule has 0 fully saturated rings. The Kier molecular flexibility index (Phi) is 2.69. The first-order valence-corrected chi connectivity index (χ1v) is 5.87. The molecule has 14 heavy (non-hydrogen) atoms. The molecule has 4 N–H and O–H groups in total. The van der Waals surface area contributed by atoms with Crippen LogP contribution in [-0.4, -0.2) is 17.2 Å². The van der Waals surface area contributed by atoms with Crippen LogP contribution in [0.15, 0.2) is 17.5 Å². The van der Waals surface area contributed by atoms with E-state index in [0.717, 1.165) is 13.7 Å². The Bertz CT molecular complexity index is 485. The van der Waals surface area contributed by atoms with Crippen LogP contribution in [-0.2, 0) is 0 Å². The molecule has 72 valence electrons. The highest BCUT2D eigenvalue weighted by atomic mass is 127. The van der Waals surface area contributed by atoms with Gasteiger partial charge in [-0.3, -0.25) is 0 Å². The molecule has 1 heterocycles. The van der Waals surface area contributed by atoms with E-state index in [1.54, 1.807) is 23.5 Å². The van der Waals surface area contributed by atoms with Crippen LogP contribution in [0.5, 0.6) is 0 Å². The van der Waals surface area contributed by atoms with Crippen LogP contribution < -0.4 is 11.2 Å². The molecule has 2 aromatic rings. The zero-order valence-corrected chi connectivity index (χ0v) is 10.0. The molecule has 0 radical (unpaired) electrons. The third-order valence-electron chi connectivity index (χ3n) is 1.98. The van der Waals surface area contributed by atoms with Gasteiger partial charge in [-0.15, -0.1) is 11.3 Å². The normalized spacial score (nSPS) is 10.8. The summed E-state index contributed by atoms with van der Waals surface area (Å²) >= 11 is 3.76. The number of nitrogens with two attached hydrogens (primary N) is 1. The van der Waals surface area contributed by atoms with Gasteiger partial charge in [-0.1, -0.05) is 0 Å². The van der Waals surface area contributed by atoms with Crippen molar-refractivity contribution in [2.24, 2.45) is 0 Å². The standard InChI is InChI=1S/C8H7BINO2S/c10-5-3-14-7-2-4(9(12)13)1-6(11)8(5)7/h1-3,12-13H,11H2. The zero-order chi connectivity index (χ0) is 10.3. The molecule has 2 rings (SSSR count). The Balaban J connectivity index is 2.74. The third-order valence-corrected chi connectivity index (χ3v) is 4.18. The van der Waals surface area contributed by atoms with Crippen LogP contribution in [0.3, 0.4) is 0 Å². The van der Waals surface area contributed by atoms with Gasteiger partial charge in [0.25, 0.3) is 0 Å². The second kappa shape index (κ2) is 3.69. The molecule has 0 atom stereocenters. The van der Waals surface area contributed by atoms with E-state index >= 15 is 0 Å². The molecule has 0 spiro atoms. The van der Waals surface area contributed by atoms with Crippen molar-refractivity contribution < 1.29 is 10.0 Å². The predicted octanol–water partition coefficient (Wildman–Crippen LogP) is 0.768. The van der Waals surface area contributed by atoms with Crippen molar-refractivity contribution in [1.29, 1.82) is 0 Å². The van der Waals surface area contributed by atoms with Crippen LogP contribution in [0.4, 0.5) is 5.69 Å². The molecular formula is C8H7BINO2S. The molecule has 0 saturated carbocycles. The van der Waals surface area contributed by atoms with E-state index in [1.807, 2.05) is 5.38 Å². The number of rotatable bonds is 1. The van der Waals surface area contributed by atoms with E-state index in [9.17, 15) is 0 Å². The molecule has 0 bridgehead atoms. The summed E-state index contributed by atoms with van der Waals surface area (Å²) < 4.78 is 2.08. The van der Waals surface area contributed by atoms with Gasteiger partial charge in [0, 0.05) is 24.7 Å². The molecule has 0 aliphatic rings. The largest absolute Gasteiger partial charge is 0.488 e. The molecular weight excluding hydrogens is 312 g/mol. The topological polar surface area (TPSA) is 66.5 Å². The first kappa shape index (κ1) is 10.2. The SMILES string of the molecule is Nc1cc(B(O)O)cc2scc(I)c12. The highest BCUT2D eigenvalue weighted by Gasteiger charge is 2.14. The molecule has 0 unspecified atom stereocenters. The molecule has 0 aliphatic heterocycles. The van der Waals surface area contributed by atoms with Gasteiger partial charge in [0.05, 0.1) is 0 Å². The summed E-state index contributed by atoms with van der Waals surface area (Å²) in [7, 11) is -1.46. The Hall–Kier alpha value is -0.305. The quantitative estimate of drug-likeness (QED) is 0.413. The average molecular weight is 319 g/mol. The number of fused-ring (bicyclic) bond motifs is 1. The number of hydrogen-bond donors (Lipinski definition) is 3. The minimum absolute atomic E-state index is 0.438. The summed E-state index contributed by atoms with van der Waals surface area (Å²) in [6, 6.07) is 3.35. The van der Waals surface area contributed by atoms with Crippen molar-refractivity contribution in [3.63, 3.8) is 0 Å². The fraction of sp³-hybridized carbons (Fsp3) is 0. The van der Waals surface area contributed by atoms with E-state index in [0.29, 0.717) is 11.2 Å². The number of benzene rings is 1. The number of thiophene rings is 1. The lowest BCUT2D eigenvalue weighted by molar-refractivity contribution is 0.426. The minimum Gasteiger partial charge on any atom is -0.423 e. The molecule has 6 heteroatoms. The predicted molar refractivity (Wildman–Crippen MR) is 68.8 cm³/mol. The van der Waals surface area contributed by atoms with Crippen LogP contribution in [0.2, 0.25) is 0 Å². The van der Waals surface area contributed by atoms with Gasteiger partial charge >= 0.3 is 7.12 Å². The maximum atomic E-state index is 9.02. The van der Waals surface area contributed by atoms with Crippen LogP contribution in [0, 0.1) is 3.57 Å². The maximum Gasteiger partial charge on any atom is 0.488 e. The van der Waals surface area contributed by atoms with Crippen molar-refractivity contribution in [3.8, 4) is 0 Å². The average Bonchev–Trinajstić information content (AvgIpc) is 2.48. The van der Waals surface area contributed by atoms with Gasteiger partial charge in [0.2, 0.25) is 0 Å². The summed E-state index contributed by atoms with van der Waals surface area (Å²) in [5.41, 5.74) is 6.85. The molecule has 0 amide bonds. The van der Waals surface area contributed by atoms with Gasteiger partial charge in [-0.2, -0.15) is 0 Å². The van der Waals surface area contributed by atoms with E-state index in [-0.39, 0.29) is 0 Å². The number of nitrogen functional groups attached to an aromatic ring is 1. The summed E-state index contributed by atoms with van der Waals surface area (Å²) in [5, 5.41) is 21.0. The van der Waals surface area contributed by atoms with Crippen molar-refractivity contribution >= 4 is 62.3 Å². The Labute approximate surface area is 98.8 Å². The highest BCUT2D eigenvalue weighted by molar-refractivity contribution is 14.1. The smallest absolute Gasteiger partial charge is 0.423 e. The lowest BCUT2D eigenvalue weighted by Crippen LogP contribution is -2.29. The fourth-order valence-electron chi connectivity index (χ4n) is 1.33. The van der Waals surface area contributed by atoms with Crippen LogP contribution >= 0.6 is 33.9 Å². The van der Waals surface area contributed by atoms with Crippen molar-refractivity contribution in [1.82, 2.24) is 0 Å². The third kappa shape index (κ3) is 1.62. The van der Waals surface area contributed by atoms with E-state index < -0.39 is 7.12 Å². The molecule has 0 saturated heterocycles. The molecule has 0 aliphatic carbocycles. The minimum atomic E-state index is -1.46. The van der Waals surface area contributed by atoms with E-state index in [1.165, 1.54) is 0 Å². The van der Waals surface area contributed by atoms with Gasteiger partial charge in [-0.05, 0) is 40.2 Å². The zero-order valence-electron chi connectivity index (χ0n) is 7.07. The van der Waals surface area contributed by atoms with E-state index in [2.05, 4.69) is 22.6 Å². The first-order chi connectivity index (χ1) is 6.59. The van der Waals surface area contributed by atoms with Gasteiger partial charge < -0.3 is 15.8 Å². The summed E-state index contributed by atoms with van der Waals surface area (Å²) in [4.78, 5) is 0. The molecule has 1 aromatic carbocycles. The number of anilines is 1. The highest BCUT2D eigenvalue weighted by Crippen LogP contribution is 2.30. The lowest BCUT2D eigenvalue weighted by Gasteiger charge is -2.03. The number of hydrogen-bond acceptors (Lipinski definition) is 4. The van der Waals surface area contributed by atoms with Gasteiger partial charge in [0.15, 0.2) is 0 Å².